The Morgan fingerprint density at radius 3 is 2.95 bits per heavy atom. The van der Waals surface area contributed by atoms with Crippen molar-refractivity contribution in [2.45, 2.75) is 39.0 Å². The third-order valence-electron chi connectivity index (χ3n) is 5.29. The van der Waals surface area contributed by atoms with Crippen LogP contribution in [0.4, 0.5) is 5.82 Å². The highest BCUT2D eigenvalue weighted by molar-refractivity contribution is 5.51. The molecule has 4 rings (SSSR count). The summed E-state index contributed by atoms with van der Waals surface area (Å²) >= 11 is 0. The van der Waals surface area contributed by atoms with Crippen molar-refractivity contribution in [2.24, 2.45) is 5.41 Å². The first-order valence-electron chi connectivity index (χ1n) is 8.46. The van der Waals surface area contributed by atoms with E-state index in [9.17, 15) is 0 Å². The average molecular weight is 300 g/mol. The van der Waals surface area contributed by atoms with Crippen molar-refractivity contribution >= 4 is 11.5 Å². The number of aromatic nitrogens is 3. The Bertz CT molecular complexity index is 654. The molecule has 2 fully saturated rings. The minimum atomic E-state index is 0.436. The number of nitrogens with zero attached hydrogens (tertiary/aromatic N) is 4. The van der Waals surface area contributed by atoms with Crippen LogP contribution in [0.15, 0.2) is 18.3 Å². The summed E-state index contributed by atoms with van der Waals surface area (Å²) in [6.07, 6.45) is 7.78. The molecule has 0 unspecified atom stereocenters. The molecule has 2 aliphatic heterocycles. The molecule has 2 aromatic rings. The minimum Gasteiger partial charge on any atom is -0.381 e. The van der Waals surface area contributed by atoms with Crippen molar-refractivity contribution in [3.05, 3.63) is 24.0 Å². The van der Waals surface area contributed by atoms with Gasteiger partial charge in [-0.2, -0.15) is 9.61 Å². The number of rotatable bonds is 2. The Labute approximate surface area is 131 Å². The van der Waals surface area contributed by atoms with E-state index in [-0.39, 0.29) is 0 Å². The normalized spacial score (nSPS) is 21.6. The van der Waals surface area contributed by atoms with E-state index in [0.29, 0.717) is 5.41 Å². The predicted molar refractivity (Wildman–Crippen MR) is 86.3 cm³/mol. The first kappa shape index (κ1) is 14.0. The first-order chi connectivity index (χ1) is 10.8. The van der Waals surface area contributed by atoms with Crippen molar-refractivity contribution in [1.82, 2.24) is 14.6 Å². The van der Waals surface area contributed by atoms with Gasteiger partial charge in [-0.05, 0) is 37.5 Å². The maximum absolute atomic E-state index is 5.59. The highest BCUT2D eigenvalue weighted by atomic mass is 16.5. The first-order valence-corrected chi connectivity index (χ1v) is 8.46. The van der Waals surface area contributed by atoms with Crippen LogP contribution < -0.4 is 4.90 Å². The quantitative estimate of drug-likeness (QED) is 0.855. The van der Waals surface area contributed by atoms with Crippen LogP contribution in [0.2, 0.25) is 0 Å². The number of aryl methyl sites for hydroxylation is 1. The molecule has 1 spiro atoms. The monoisotopic (exact) mass is 300 g/mol. The van der Waals surface area contributed by atoms with Gasteiger partial charge in [0.1, 0.15) is 5.82 Å². The van der Waals surface area contributed by atoms with Gasteiger partial charge in [0.2, 0.25) is 0 Å². The third kappa shape index (κ3) is 2.37. The van der Waals surface area contributed by atoms with Gasteiger partial charge in [-0.15, -0.1) is 0 Å². The number of hydrogen-bond acceptors (Lipinski definition) is 4. The van der Waals surface area contributed by atoms with Gasteiger partial charge in [0.15, 0.2) is 5.65 Å². The lowest BCUT2D eigenvalue weighted by atomic mass is 9.74. The second-order valence-corrected chi connectivity index (χ2v) is 6.70. The standard InChI is InChI=1S/C17H24N4O/c1-2-14-12-16(21-15(19-14)4-8-18-21)20-9-3-5-17(13-20)6-10-22-11-7-17/h4,8,12H,2-3,5-7,9-11,13H2,1H3. The summed E-state index contributed by atoms with van der Waals surface area (Å²) in [5.41, 5.74) is 2.54. The molecule has 5 heteroatoms. The summed E-state index contributed by atoms with van der Waals surface area (Å²) in [4.78, 5) is 7.19. The van der Waals surface area contributed by atoms with E-state index in [1.54, 1.807) is 0 Å². The Balaban J connectivity index is 1.70. The second kappa shape index (κ2) is 5.54. The molecule has 4 heterocycles. The molecule has 0 N–H and O–H groups in total. The van der Waals surface area contributed by atoms with Crippen LogP contribution in [0.5, 0.6) is 0 Å². The van der Waals surface area contributed by atoms with E-state index in [1.807, 2.05) is 16.8 Å². The molecule has 0 aromatic carbocycles. The molecule has 0 radical (unpaired) electrons. The Morgan fingerprint density at radius 1 is 1.27 bits per heavy atom. The molecule has 2 aromatic heterocycles. The molecule has 0 aliphatic carbocycles. The van der Waals surface area contributed by atoms with Crippen LogP contribution in [-0.2, 0) is 11.2 Å². The zero-order chi connectivity index (χ0) is 15.0. The molecule has 0 bridgehead atoms. The molecular weight excluding hydrogens is 276 g/mol. The van der Waals surface area contributed by atoms with Crippen molar-refractivity contribution in [3.63, 3.8) is 0 Å². The van der Waals surface area contributed by atoms with Gasteiger partial charge in [0.05, 0.1) is 6.20 Å². The maximum Gasteiger partial charge on any atom is 0.157 e. The molecule has 0 amide bonds. The van der Waals surface area contributed by atoms with Gasteiger partial charge < -0.3 is 9.64 Å². The highest BCUT2D eigenvalue weighted by Crippen LogP contribution is 2.40. The average Bonchev–Trinajstić information content (AvgIpc) is 3.03. The van der Waals surface area contributed by atoms with E-state index in [1.165, 1.54) is 31.5 Å². The molecule has 2 aliphatic rings. The fourth-order valence-electron chi connectivity index (χ4n) is 3.97. The lowest BCUT2D eigenvalue weighted by Crippen LogP contribution is -2.46. The van der Waals surface area contributed by atoms with Crippen LogP contribution in [0.25, 0.3) is 5.65 Å². The fourth-order valence-corrected chi connectivity index (χ4v) is 3.97. The summed E-state index contributed by atoms with van der Waals surface area (Å²) in [5, 5.41) is 4.49. The number of ether oxygens (including phenoxy) is 1. The molecule has 22 heavy (non-hydrogen) atoms. The second-order valence-electron chi connectivity index (χ2n) is 6.70. The number of hydrogen-bond donors (Lipinski definition) is 0. The van der Waals surface area contributed by atoms with Crippen LogP contribution in [0, 0.1) is 5.41 Å². The largest absolute Gasteiger partial charge is 0.381 e. The summed E-state index contributed by atoms with van der Waals surface area (Å²) in [5.74, 6) is 1.21. The number of fused-ring (bicyclic) bond motifs is 1. The Hall–Kier alpha value is -1.62. The van der Waals surface area contributed by atoms with E-state index in [4.69, 9.17) is 4.74 Å². The van der Waals surface area contributed by atoms with E-state index in [0.717, 1.165) is 44.1 Å². The summed E-state index contributed by atoms with van der Waals surface area (Å²) in [7, 11) is 0. The molecule has 118 valence electrons. The Morgan fingerprint density at radius 2 is 2.14 bits per heavy atom. The van der Waals surface area contributed by atoms with Crippen LogP contribution in [0.1, 0.15) is 38.3 Å². The summed E-state index contributed by atoms with van der Waals surface area (Å²) in [6.45, 7) is 6.24. The van der Waals surface area contributed by atoms with Crippen LogP contribution in [-0.4, -0.2) is 40.9 Å². The van der Waals surface area contributed by atoms with Gasteiger partial charge in [0.25, 0.3) is 0 Å². The van der Waals surface area contributed by atoms with Crippen molar-refractivity contribution in [2.75, 3.05) is 31.2 Å². The lowest BCUT2D eigenvalue weighted by Gasteiger charge is -2.45. The lowest BCUT2D eigenvalue weighted by molar-refractivity contribution is 0.00741. The Kier molecular flexibility index (Phi) is 3.53. The zero-order valence-electron chi connectivity index (χ0n) is 13.3. The molecule has 0 atom stereocenters. The van der Waals surface area contributed by atoms with Crippen LogP contribution in [0.3, 0.4) is 0 Å². The minimum absolute atomic E-state index is 0.436. The van der Waals surface area contributed by atoms with E-state index < -0.39 is 0 Å². The van der Waals surface area contributed by atoms with E-state index in [2.05, 4.69) is 28.0 Å². The summed E-state index contributed by atoms with van der Waals surface area (Å²) in [6, 6.07) is 4.22. The fraction of sp³-hybridized carbons (Fsp3) is 0.647. The third-order valence-corrected chi connectivity index (χ3v) is 5.29. The van der Waals surface area contributed by atoms with Crippen molar-refractivity contribution in [1.29, 1.82) is 0 Å². The van der Waals surface area contributed by atoms with Gasteiger partial charge in [-0.3, -0.25) is 0 Å². The zero-order valence-corrected chi connectivity index (χ0v) is 13.3. The molecule has 2 saturated heterocycles. The van der Waals surface area contributed by atoms with Crippen molar-refractivity contribution < 1.29 is 4.74 Å². The van der Waals surface area contributed by atoms with Crippen LogP contribution >= 0.6 is 0 Å². The summed E-state index contributed by atoms with van der Waals surface area (Å²) < 4.78 is 7.58. The molecule has 5 nitrogen and oxygen atoms in total. The molecular formula is C17H24N4O. The SMILES string of the molecule is CCc1cc(N2CCCC3(CCOCC3)C2)n2nccc2n1. The smallest absolute Gasteiger partial charge is 0.157 e. The topological polar surface area (TPSA) is 42.7 Å². The van der Waals surface area contributed by atoms with Gasteiger partial charge in [0, 0.05) is 44.1 Å². The van der Waals surface area contributed by atoms with Gasteiger partial charge in [-0.1, -0.05) is 6.92 Å². The van der Waals surface area contributed by atoms with E-state index >= 15 is 0 Å². The number of piperidine rings is 1. The predicted octanol–water partition coefficient (Wildman–Crippen LogP) is 2.69. The molecule has 0 saturated carbocycles. The van der Waals surface area contributed by atoms with Gasteiger partial charge in [-0.25, -0.2) is 4.98 Å². The maximum atomic E-state index is 5.59. The highest BCUT2D eigenvalue weighted by Gasteiger charge is 2.37. The number of anilines is 1. The van der Waals surface area contributed by atoms with Gasteiger partial charge >= 0.3 is 0 Å². The van der Waals surface area contributed by atoms with Crippen molar-refractivity contribution in [3.8, 4) is 0 Å².